The lowest BCUT2D eigenvalue weighted by Crippen LogP contribution is -2.48. The molecule has 31 heavy (non-hydrogen) atoms. The third-order valence-corrected chi connectivity index (χ3v) is 5.91. The minimum atomic E-state index is -0.336. The number of hydrogen-bond donors (Lipinski definition) is 3. The van der Waals surface area contributed by atoms with Crippen molar-refractivity contribution < 1.29 is 19.4 Å². The number of ether oxygens (including phenoxy) is 1. The zero-order valence-electron chi connectivity index (χ0n) is 18.2. The first-order valence-electron chi connectivity index (χ1n) is 10.9. The van der Waals surface area contributed by atoms with E-state index in [9.17, 15) is 9.59 Å². The third kappa shape index (κ3) is 5.68. The van der Waals surface area contributed by atoms with Gasteiger partial charge in [0.2, 0.25) is 11.6 Å². The SMILES string of the molecule is CO.NC1=C(NCCCN2CCN(CC3CCCO3)CC2)C(=O)c2ncccc2C1=O. The molecule has 3 heterocycles. The van der Waals surface area contributed by atoms with Crippen LogP contribution in [0.15, 0.2) is 29.7 Å². The molecule has 2 aliphatic heterocycles. The lowest BCUT2D eigenvalue weighted by atomic mass is 9.95. The van der Waals surface area contributed by atoms with Crippen molar-refractivity contribution in [2.24, 2.45) is 5.73 Å². The Bertz CT molecular complexity index is 799. The molecule has 0 radical (unpaired) electrons. The van der Waals surface area contributed by atoms with E-state index in [1.54, 1.807) is 12.1 Å². The summed E-state index contributed by atoms with van der Waals surface area (Å²) in [6, 6.07) is 3.22. The summed E-state index contributed by atoms with van der Waals surface area (Å²) in [6.45, 7) is 7.74. The first-order chi connectivity index (χ1) is 15.1. The number of hydrogen-bond acceptors (Lipinski definition) is 9. The molecule has 1 atom stereocenters. The van der Waals surface area contributed by atoms with Crippen LogP contribution in [0.4, 0.5) is 0 Å². The van der Waals surface area contributed by atoms with Crippen LogP contribution >= 0.6 is 0 Å². The standard InChI is InChI=1S/C21H29N5O3.CH4O/c22-17-19(21(28)18-16(20(17)27)5-1-6-23-18)24-7-3-8-25-9-11-26(12-10-25)14-15-4-2-13-29-15;1-2/h1,5-6,15,24H,2-4,7-14,22H2;2H,1H3. The predicted octanol–water partition coefficient (Wildman–Crippen LogP) is 0.0157. The maximum Gasteiger partial charge on any atom is 0.230 e. The zero-order valence-corrected chi connectivity index (χ0v) is 18.2. The summed E-state index contributed by atoms with van der Waals surface area (Å²) in [5.41, 5.74) is 6.55. The van der Waals surface area contributed by atoms with Crippen molar-refractivity contribution in [1.29, 1.82) is 0 Å². The summed E-state index contributed by atoms with van der Waals surface area (Å²) in [5, 5.41) is 10.1. The van der Waals surface area contributed by atoms with Crippen molar-refractivity contribution in [2.45, 2.75) is 25.4 Å². The average Bonchev–Trinajstić information content (AvgIpc) is 3.32. The van der Waals surface area contributed by atoms with Gasteiger partial charge in [-0.15, -0.1) is 0 Å². The Morgan fingerprint density at radius 2 is 1.94 bits per heavy atom. The van der Waals surface area contributed by atoms with Crippen molar-refractivity contribution in [3.05, 3.63) is 41.0 Å². The Kier molecular flexibility index (Phi) is 8.53. The van der Waals surface area contributed by atoms with Gasteiger partial charge < -0.3 is 25.8 Å². The fourth-order valence-corrected chi connectivity index (χ4v) is 4.23. The van der Waals surface area contributed by atoms with Gasteiger partial charge in [-0.1, -0.05) is 0 Å². The van der Waals surface area contributed by atoms with Gasteiger partial charge in [-0.25, -0.2) is 0 Å². The molecule has 2 saturated heterocycles. The fraction of sp³-hybridized carbons (Fsp3) is 0.591. The van der Waals surface area contributed by atoms with Crippen LogP contribution in [0.5, 0.6) is 0 Å². The van der Waals surface area contributed by atoms with Crippen molar-refractivity contribution >= 4 is 11.6 Å². The first-order valence-corrected chi connectivity index (χ1v) is 10.9. The Labute approximate surface area is 183 Å². The number of ketones is 2. The van der Waals surface area contributed by atoms with Crippen molar-refractivity contribution in [3.8, 4) is 0 Å². The number of Topliss-reactive ketones (excluding diaryl/α,β-unsaturated/α-hetero) is 2. The van der Waals surface area contributed by atoms with Crippen LogP contribution in [0, 0.1) is 0 Å². The highest BCUT2D eigenvalue weighted by molar-refractivity contribution is 6.25. The maximum absolute atomic E-state index is 12.6. The van der Waals surface area contributed by atoms with Crippen LogP contribution in [-0.2, 0) is 4.74 Å². The monoisotopic (exact) mass is 431 g/mol. The molecule has 170 valence electrons. The number of aliphatic hydroxyl groups excluding tert-OH is 1. The molecule has 1 aliphatic carbocycles. The number of carbonyl (C=O) groups is 2. The molecule has 4 rings (SSSR count). The van der Waals surface area contributed by atoms with Gasteiger partial charge in [0.05, 0.1) is 11.7 Å². The third-order valence-electron chi connectivity index (χ3n) is 5.91. The number of allylic oxidation sites excluding steroid dienone is 2. The number of nitrogens with one attached hydrogen (secondary N) is 1. The van der Waals surface area contributed by atoms with Crippen molar-refractivity contribution in [2.75, 3.05) is 59.5 Å². The summed E-state index contributed by atoms with van der Waals surface area (Å²) >= 11 is 0. The highest BCUT2D eigenvalue weighted by Gasteiger charge is 2.31. The number of rotatable bonds is 7. The van der Waals surface area contributed by atoms with Crippen LogP contribution in [-0.4, -0.2) is 97.1 Å². The number of aliphatic hydroxyl groups is 1. The second kappa shape index (κ2) is 11.3. The molecule has 0 bridgehead atoms. The second-order valence-corrected chi connectivity index (χ2v) is 7.90. The summed E-state index contributed by atoms with van der Waals surface area (Å²) in [5.74, 6) is -0.641. The second-order valence-electron chi connectivity index (χ2n) is 7.90. The quantitative estimate of drug-likeness (QED) is 0.513. The Morgan fingerprint density at radius 3 is 2.65 bits per heavy atom. The normalized spacial score (nSPS) is 22.2. The molecular weight excluding hydrogens is 398 g/mol. The number of pyridine rings is 1. The van der Waals surface area contributed by atoms with Gasteiger partial charge in [-0.2, -0.15) is 0 Å². The number of nitrogens with zero attached hydrogens (tertiary/aromatic N) is 3. The highest BCUT2D eigenvalue weighted by atomic mass is 16.5. The predicted molar refractivity (Wildman–Crippen MR) is 117 cm³/mol. The molecule has 0 spiro atoms. The van der Waals surface area contributed by atoms with E-state index < -0.39 is 0 Å². The van der Waals surface area contributed by atoms with Gasteiger partial charge in [-0.05, 0) is 37.9 Å². The molecule has 9 heteroatoms. The molecule has 0 amide bonds. The Morgan fingerprint density at radius 1 is 1.19 bits per heavy atom. The van der Waals surface area contributed by atoms with Crippen molar-refractivity contribution in [3.63, 3.8) is 0 Å². The number of fused-ring (bicyclic) bond motifs is 1. The van der Waals surface area contributed by atoms with Gasteiger partial charge in [0.25, 0.3) is 0 Å². The fourth-order valence-electron chi connectivity index (χ4n) is 4.23. The maximum atomic E-state index is 12.6. The lowest BCUT2D eigenvalue weighted by Gasteiger charge is -2.35. The van der Waals surface area contributed by atoms with E-state index in [0.29, 0.717) is 12.6 Å². The van der Waals surface area contributed by atoms with Crippen LogP contribution in [0.3, 0.4) is 0 Å². The van der Waals surface area contributed by atoms with Gasteiger partial charge in [0.1, 0.15) is 17.1 Å². The van der Waals surface area contributed by atoms with Crippen LogP contribution < -0.4 is 11.1 Å². The summed E-state index contributed by atoms with van der Waals surface area (Å²) in [4.78, 5) is 34.0. The summed E-state index contributed by atoms with van der Waals surface area (Å²) < 4.78 is 5.73. The lowest BCUT2D eigenvalue weighted by molar-refractivity contribution is 0.0503. The van der Waals surface area contributed by atoms with Crippen LogP contribution in [0.2, 0.25) is 0 Å². The molecule has 1 unspecified atom stereocenters. The molecule has 1 aromatic rings. The minimum absolute atomic E-state index is 0.0155. The molecule has 4 N–H and O–H groups in total. The molecule has 3 aliphatic rings. The first kappa shape index (κ1) is 23.3. The number of nitrogens with two attached hydrogens (primary N) is 1. The summed E-state index contributed by atoms with van der Waals surface area (Å²) in [7, 11) is 1.00. The minimum Gasteiger partial charge on any atom is -0.400 e. The smallest absolute Gasteiger partial charge is 0.230 e. The molecule has 0 saturated carbocycles. The number of piperazine rings is 1. The number of carbonyl (C=O) groups excluding carboxylic acids is 2. The Hall–Kier alpha value is -2.33. The molecular formula is C22H33N5O4. The van der Waals surface area contributed by atoms with E-state index in [1.165, 1.54) is 19.0 Å². The van der Waals surface area contributed by atoms with Crippen LogP contribution in [0.25, 0.3) is 0 Å². The number of aromatic nitrogens is 1. The summed E-state index contributed by atoms with van der Waals surface area (Å²) in [6.07, 6.45) is 5.18. The van der Waals surface area contributed by atoms with E-state index >= 15 is 0 Å². The molecule has 2 fully saturated rings. The molecule has 9 nitrogen and oxygen atoms in total. The van der Waals surface area contributed by atoms with E-state index in [2.05, 4.69) is 20.1 Å². The zero-order chi connectivity index (χ0) is 22.2. The van der Waals surface area contributed by atoms with Gasteiger partial charge >= 0.3 is 0 Å². The average molecular weight is 432 g/mol. The van der Waals surface area contributed by atoms with Crippen molar-refractivity contribution in [1.82, 2.24) is 20.1 Å². The molecule has 1 aromatic heterocycles. The van der Waals surface area contributed by atoms with E-state index in [-0.39, 0.29) is 34.2 Å². The van der Waals surface area contributed by atoms with E-state index in [4.69, 9.17) is 15.6 Å². The topological polar surface area (TPSA) is 121 Å². The largest absolute Gasteiger partial charge is 0.400 e. The van der Waals surface area contributed by atoms with Gasteiger partial charge in [0, 0.05) is 59.2 Å². The van der Waals surface area contributed by atoms with Gasteiger partial charge in [-0.3, -0.25) is 19.5 Å². The molecule has 0 aromatic carbocycles. The van der Waals surface area contributed by atoms with E-state index in [0.717, 1.165) is 59.4 Å². The highest BCUT2D eigenvalue weighted by Crippen LogP contribution is 2.20. The van der Waals surface area contributed by atoms with E-state index in [1.807, 2.05) is 0 Å². The van der Waals surface area contributed by atoms with Crippen LogP contribution in [0.1, 0.15) is 40.1 Å². The Balaban J connectivity index is 0.00000132. The van der Waals surface area contributed by atoms with Gasteiger partial charge in [0.15, 0.2) is 0 Å².